The van der Waals surface area contributed by atoms with Crippen molar-refractivity contribution in [3.05, 3.63) is 54.0 Å². The molecule has 0 unspecified atom stereocenters. The molecule has 1 fully saturated rings. The van der Waals surface area contributed by atoms with Crippen LogP contribution in [0.25, 0.3) is 0 Å². The van der Waals surface area contributed by atoms with E-state index in [2.05, 4.69) is 4.72 Å². The van der Waals surface area contributed by atoms with Gasteiger partial charge < -0.3 is 14.2 Å². The number of furan rings is 1. The third-order valence-electron chi connectivity index (χ3n) is 4.65. The van der Waals surface area contributed by atoms with Crippen LogP contribution in [0.2, 0.25) is 0 Å². The molecular formula is C19H23N3O5S. The molecule has 2 heterocycles. The fourth-order valence-corrected chi connectivity index (χ4v) is 4.00. The first-order valence-electron chi connectivity index (χ1n) is 9.10. The lowest BCUT2D eigenvalue weighted by molar-refractivity contribution is -0.132. The van der Waals surface area contributed by atoms with Gasteiger partial charge in [-0.15, -0.1) is 0 Å². The van der Waals surface area contributed by atoms with Crippen molar-refractivity contribution in [1.29, 1.82) is 0 Å². The Kier molecular flexibility index (Phi) is 6.15. The van der Waals surface area contributed by atoms with E-state index in [1.807, 2.05) is 6.92 Å². The summed E-state index contributed by atoms with van der Waals surface area (Å²) in [5.74, 6) is 0.427. The summed E-state index contributed by atoms with van der Waals surface area (Å²) in [4.78, 5) is 27.9. The zero-order chi connectivity index (χ0) is 20.1. The lowest BCUT2D eigenvalue weighted by Crippen LogP contribution is -2.50. The van der Waals surface area contributed by atoms with Crippen LogP contribution < -0.4 is 4.72 Å². The number of rotatable bonds is 6. The van der Waals surface area contributed by atoms with Gasteiger partial charge in [-0.2, -0.15) is 0 Å². The molecule has 8 nitrogen and oxygen atoms in total. The molecule has 2 aromatic rings. The Bertz CT molecular complexity index is 915. The minimum atomic E-state index is -3.70. The van der Waals surface area contributed by atoms with Gasteiger partial charge in [0.2, 0.25) is 15.9 Å². The molecule has 1 saturated heterocycles. The number of nitrogens with one attached hydrogen (secondary N) is 1. The molecule has 0 aliphatic carbocycles. The van der Waals surface area contributed by atoms with E-state index < -0.39 is 10.0 Å². The van der Waals surface area contributed by atoms with Crippen LogP contribution in [0.1, 0.15) is 29.5 Å². The summed E-state index contributed by atoms with van der Waals surface area (Å²) in [6, 6.07) is 9.20. The Morgan fingerprint density at radius 2 is 1.68 bits per heavy atom. The maximum atomic E-state index is 12.6. The Morgan fingerprint density at radius 3 is 2.25 bits per heavy atom. The van der Waals surface area contributed by atoms with E-state index in [0.29, 0.717) is 43.9 Å². The maximum absolute atomic E-state index is 12.6. The average molecular weight is 405 g/mol. The third-order valence-corrected chi connectivity index (χ3v) is 6.07. The second kappa shape index (κ2) is 8.57. The van der Waals surface area contributed by atoms with Crippen LogP contribution in [-0.4, -0.2) is 56.2 Å². The molecule has 3 rings (SSSR count). The fourth-order valence-electron chi connectivity index (χ4n) is 3.00. The highest BCUT2D eigenvalue weighted by atomic mass is 32.2. The first-order valence-corrected chi connectivity index (χ1v) is 10.6. The third kappa shape index (κ3) is 4.60. The Morgan fingerprint density at radius 1 is 1.04 bits per heavy atom. The number of benzene rings is 1. The van der Waals surface area contributed by atoms with Gasteiger partial charge in [0, 0.05) is 38.2 Å². The highest BCUT2D eigenvalue weighted by Gasteiger charge is 2.24. The van der Waals surface area contributed by atoms with Crippen LogP contribution in [0.3, 0.4) is 0 Å². The summed E-state index contributed by atoms with van der Waals surface area (Å²) in [5.41, 5.74) is 0.417. The maximum Gasteiger partial charge on any atom is 0.253 e. The molecule has 150 valence electrons. The van der Waals surface area contributed by atoms with Crippen LogP contribution in [-0.2, 0) is 21.4 Å². The monoisotopic (exact) mass is 405 g/mol. The molecule has 0 radical (unpaired) electrons. The van der Waals surface area contributed by atoms with E-state index in [0.717, 1.165) is 0 Å². The molecule has 9 heteroatoms. The lowest BCUT2D eigenvalue weighted by atomic mass is 10.2. The van der Waals surface area contributed by atoms with Gasteiger partial charge in [-0.3, -0.25) is 9.59 Å². The van der Waals surface area contributed by atoms with Gasteiger partial charge in [0.15, 0.2) is 0 Å². The van der Waals surface area contributed by atoms with Crippen LogP contribution >= 0.6 is 0 Å². The Labute approximate surface area is 164 Å². The van der Waals surface area contributed by atoms with Gasteiger partial charge in [0.1, 0.15) is 5.76 Å². The van der Waals surface area contributed by atoms with Crippen LogP contribution in [0.4, 0.5) is 0 Å². The zero-order valence-corrected chi connectivity index (χ0v) is 16.4. The van der Waals surface area contributed by atoms with E-state index in [1.165, 1.54) is 30.5 Å². The highest BCUT2D eigenvalue weighted by Crippen LogP contribution is 2.14. The van der Waals surface area contributed by atoms with Crippen molar-refractivity contribution in [2.24, 2.45) is 0 Å². The zero-order valence-electron chi connectivity index (χ0n) is 15.6. The minimum Gasteiger partial charge on any atom is -0.468 e. The van der Waals surface area contributed by atoms with Crippen molar-refractivity contribution in [2.75, 3.05) is 26.2 Å². The van der Waals surface area contributed by atoms with E-state index in [4.69, 9.17) is 4.42 Å². The molecule has 1 aromatic carbocycles. The number of nitrogens with zero attached hydrogens (tertiary/aromatic N) is 2. The van der Waals surface area contributed by atoms with Gasteiger partial charge >= 0.3 is 0 Å². The van der Waals surface area contributed by atoms with E-state index >= 15 is 0 Å². The van der Waals surface area contributed by atoms with E-state index in [-0.39, 0.29) is 23.3 Å². The number of sulfonamides is 1. The number of carbonyl (C=O) groups excluding carboxylic acids is 2. The van der Waals surface area contributed by atoms with Gasteiger partial charge in [0.05, 0.1) is 17.7 Å². The van der Waals surface area contributed by atoms with Crippen molar-refractivity contribution >= 4 is 21.8 Å². The second-order valence-corrected chi connectivity index (χ2v) is 8.22. The van der Waals surface area contributed by atoms with Crippen molar-refractivity contribution in [1.82, 2.24) is 14.5 Å². The summed E-state index contributed by atoms with van der Waals surface area (Å²) in [7, 11) is -3.70. The van der Waals surface area contributed by atoms with Crippen LogP contribution in [0.15, 0.2) is 52.0 Å². The topological polar surface area (TPSA) is 99.9 Å². The normalized spacial score (nSPS) is 14.9. The number of hydrogen-bond donors (Lipinski definition) is 1. The summed E-state index contributed by atoms with van der Waals surface area (Å²) in [5, 5.41) is 0. The molecule has 1 aliphatic heterocycles. The fraction of sp³-hybridized carbons (Fsp3) is 0.368. The second-order valence-electron chi connectivity index (χ2n) is 6.45. The molecule has 1 N–H and O–H groups in total. The standard InChI is InChI=1S/C19H23N3O5S/c1-2-18(23)21-9-11-22(12-10-21)19(24)15-5-7-17(8-6-15)28(25,26)20-14-16-4-3-13-27-16/h3-8,13,20H,2,9-12,14H2,1H3. The molecule has 2 amide bonds. The van der Waals surface area contributed by atoms with Gasteiger partial charge in [-0.05, 0) is 36.4 Å². The van der Waals surface area contributed by atoms with E-state index in [1.54, 1.807) is 21.9 Å². The largest absolute Gasteiger partial charge is 0.468 e. The van der Waals surface area contributed by atoms with Crippen molar-refractivity contribution < 1.29 is 22.4 Å². The van der Waals surface area contributed by atoms with Crippen molar-refractivity contribution in [2.45, 2.75) is 24.8 Å². The first-order chi connectivity index (χ1) is 13.4. The number of carbonyl (C=O) groups is 2. The predicted octanol–water partition coefficient (Wildman–Crippen LogP) is 1.45. The molecule has 1 aromatic heterocycles. The number of amides is 2. The van der Waals surface area contributed by atoms with Gasteiger partial charge in [0.25, 0.3) is 5.91 Å². The quantitative estimate of drug-likeness (QED) is 0.784. The van der Waals surface area contributed by atoms with E-state index in [9.17, 15) is 18.0 Å². The smallest absolute Gasteiger partial charge is 0.253 e. The molecule has 0 saturated carbocycles. The Balaban J connectivity index is 1.60. The summed E-state index contributed by atoms with van der Waals surface area (Å²) >= 11 is 0. The highest BCUT2D eigenvalue weighted by molar-refractivity contribution is 7.89. The van der Waals surface area contributed by atoms with Crippen LogP contribution in [0, 0.1) is 0 Å². The number of hydrogen-bond acceptors (Lipinski definition) is 5. The lowest BCUT2D eigenvalue weighted by Gasteiger charge is -2.34. The van der Waals surface area contributed by atoms with Crippen molar-refractivity contribution in [3.8, 4) is 0 Å². The first kappa shape index (κ1) is 20.1. The summed E-state index contributed by atoms with van der Waals surface area (Å²) < 4.78 is 32.3. The molecule has 1 aliphatic rings. The Hall–Kier alpha value is -2.65. The molecular weight excluding hydrogens is 382 g/mol. The van der Waals surface area contributed by atoms with Gasteiger partial charge in [-0.1, -0.05) is 6.92 Å². The SMILES string of the molecule is CCC(=O)N1CCN(C(=O)c2ccc(S(=O)(=O)NCc3ccco3)cc2)CC1. The summed E-state index contributed by atoms with van der Waals surface area (Å²) in [6.45, 7) is 3.84. The number of piperazine rings is 1. The summed E-state index contributed by atoms with van der Waals surface area (Å²) in [6.07, 6.45) is 1.93. The van der Waals surface area contributed by atoms with Crippen LogP contribution in [0.5, 0.6) is 0 Å². The molecule has 28 heavy (non-hydrogen) atoms. The van der Waals surface area contributed by atoms with Crippen molar-refractivity contribution in [3.63, 3.8) is 0 Å². The molecule has 0 spiro atoms. The average Bonchev–Trinajstić information content (AvgIpc) is 3.25. The molecule has 0 atom stereocenters. The predicted molar refractivity (Wildman–Crippen MR) is 102 cm³/mol. The molecule has 0 bridgehead atoms. The van der Waals surface area contributed by atoms with Gasteiger partial charge in [-0.25, -0.2) is 13.1 Å². The minimum absolute atomic E-state index is 0.0524.